The van der Waals surface area contributed by atoms with Gasteiger partial charge in [-0.15, -0.1) is 0 Å². The summed E-state index contributed by atoms with van der Waals surface area (Å²) in [6.45, 7) is 3.46. The van der Waals surface area contributed by atoms with Crippen molar-refractivity contribution in [1.82, 2.24) is 4.90 Å². The van der Waals surface area contributed by atoms with E-state index in [1.807, 2.05) is 20.2 Å². The minimum Gasteiger partial charge on any atom is -0.389 e. The van der Waals surface area contributed by atoms with Gasteiger partial charge in [-0.25, -0.2) is 4.39 Å². The zero-order chi connectivity index (χ0) is 14.0. The highest BCUT2D eigenvalue weighted by atomic mass is 19.1. The molecule has 1 saturated heterocycles. The van der Waals surface area contributed by atoms with Gasteiger partial charge in [0.25, 0.3) is 0 Å². The first-order valence-electron chi connectivity index (χ1n) is 6.88. The average Bonchev–Trinajstić information content (AvgIpc) is 2.75. The van der Waals surface area contributed by atoms with Crippen LogP contribution in [0.5, 0.6) is 0 Å². The molecule has 1 N–H and O–H groups in total. The van der Waals surface area contributed by atoms with Gasteiger partial charge in [-0.1, -0.05) is 12.1 Å². The number of nitrogens with zero attached hydrogens (tertiary/aromatic N) is 2. The minimum absolute atomic E-state index is 0.232. The first kappa shape index (κ1) is 14.3. The number of rotatable bonds is 4. The van der Waals surface area contributed by atoms with E-state index in [4.69, 9.17) is 0 Å². The lowest BCUT2D eigenvalue weighted by Crippen LogP contribution is -2.38. The van der Waals surface area contributed by atoms with Crippen LogP contribution in [0.1, 0.15) is 31.4 Å². The summed E-state index contributed by atoms with van der Waals surface area (Å²) in [6.07, 6.45) is 1.50. The van der Waals surface area contributed by atoms with Crippen molar-refractivity contribution in [3.05, 3.63) is 29.6 Å². The maximum absolute atomic E-state index is 14.2. The molecule has 1 aromatic rings. The highest BCUT2D eigenvalue weighted by Gasteiger charge is 2.29. The van der Waals surface area contributed by atoms with Gasteiger partial charge in [0, 0.05) is 24.7 Å². The first-order valence-corrected chi connectivity index (χ1v) is 6.88. The second kappa shape index (κ2) is 5.88. The molecule has 0 spiro atoms. The predicted molar refractivity (Wildman–Crippen MR) is 76.0 cm³/mol. The Bertz CT molecular complexity index is 434. The molecule has 0 aliphatic carbocycles. The number of benzene rings is 1. The van der Waals surface area contributed by atoms with Crippen LogP contribution in [0.2, 0.25) is 0 Å². The third-order valence-electron chi connectivity index (χ3n) is 3.71. The van der Waals surface area contributed by atoms with Gasteiger partial charge < -0.3 is 14.9 Å². The fourth-order valence-corrected chi connectivity index (χ4v) is 2.91. The van der Waals surface area contributed by atoms with Crippen LogP contribution in [0.4, 0.5) is 10.1 Å². The van der Waals surface area contributed by atoms with Gasteiger partial charge in [0.05, 0.1) is 11.8 Å². The number of anilines is 1. The van der Waals surface area contributed by atoms with Crippen molar-refractivity contribution in [2.75, 3.05) is 32.1 Å². The van der Waals surface area contributed by atoms with E-state index in [9.17, 15) is 9.50 Å². The largest absolute Gasteiger partial charge is 0.389 e. The molecule has 1 fully saturated rings. The Kier molecular flexibility index (Phi) is 4.42. The van der Waals surface area contributed by atoms with Crippen LogP contribution in [0, 0.1) is 5.82 Å². The van der Waals surface area contributed by atoms with Crippen molar-refractivity contribution < 1.29 is 9.50 Å². The molecule has 19 heavy (non-hydrogen) atoms. The van der Waals surface area contributed by atoms with Crippen LogP contribution in [0.25, 0.3) is 0 Å². The lowest BCUT2D eigenvalue weighted by Gasteiger charge is -2.31. The molecule has 4 heteroatoms. The van der Waals surface area contributed by atoms with E-state index in [0.717, 1.165) is 25.9 Å². The molecule has 0 saturated carbocycles. The van der Waals surface area contributed by atoms with Gasteiger partial charge in [0.2, 0.25) is 0 Å². The Labute approximate surface area is 114 Å². The lowest BCUT2D eigenvalue weighted by molar-refractivity contribution is 0.199. The summed E-state index contributed by atoms with van der Waals surface area (Å²) in [5, 5.41) is 9.85. The first-order chi connectivity index (χ1) is 9.00. The summed E-state index contributed by atoms with van der Waals surface area (Å²) in [7, 11) is 4.07. The quantitative estimate of drug-likeness (QED) is 0.906. The van der Waals surface area contributed by atoms with Gasteiger partial charge in [-0.2, -0.15) is 0 Å². The molecule has 1 aromatic carbocycles. The number of aliphatic hydroxyl groups is 1. The van der Waals surface area contributed by atoms with Gasteiger partial charge in [0.1, 0.15) is 5.82 Å². The maximum atomic E-state index is 14.2. The average molecular weight is 266 g/mol. The lowest BCUT2D eigenvalue weighted by atomic mass is 10.1. The van der Waals surface area contributed by atoms with Crippen molar-refractivity contribution in [1.29, 1.82) is 0 Å². The number of hydrogen-bond acceptors (Lipinski definition) is 3. The van der Waals surface area contributed by atoms with E-state index in [2.05, 4.69) is 9.80 Å². The third kappa shape index (κ3) is 3.07. The van der Waals surface area contributed by atoms with Gasteiger partial charge in [-0.3, -0.25) is 0 Å². The Morgan fingerprint density at radius 1 is 1.47 bits per heavy atom. The van der Waals surface area contributed by atoms with E-state index >= 15 is 0 Å². The van der Waals surface area contributed by atoms with Crippen LogP contribution in [-0.2, 0) is 0 Å². The van der Waals surface area contributed by atoms with Gasteiger partial charge >= 0.3 is 0 Å². The smallest absolute Gasteiger partial charge is 0.146 e. The SMILES string of the molecule is C[C@H](O)c1cccc(F)c1N1CCCC1CN(C)C. The van der Waals surface area contributed by atoms with Crippen LogP contribution >= 0.6 is 0 Å². The summed E-state index contributed by atoms with van der Waals surface area (Å²) in [5.41, 5.74) is 1.27. The molecular formula is C15H23FN2O. The Morgan fingerprint density at radius 2 is 2.21 bits per heavy atom. The van der Waals surface area contributed by atoms with Gasteiger partial charge in [-0.05, 0) is 39.9 Å². The number of halogens is 1. The molecule has 3 nitrogen and oxygen atoms in total. The van der Waals surface area contributed by atoms with E-state index in [-0.39, 0.29) is 5.82 Å². The zero-order valence-corrected chi connectivity index (χ0v) is 11.9. The molecule has 1 aliphatic heterocycles. The normalized spacial score (nSPS) is 21.2. The van der Waals surface area contributed by atoms with E-state index < -0.39 is 6.10 Å². The Balaban J connectivity index is 2.34. The maximum Gasteiger partial charge on any atom is 0.146 e. The van der Waals surface area contributed by atoms with Crippen molar-refractivity contribution in [2.45, 2.75) is 31.9 Å². The van der Waals surface area contributed by atoms with E-state index in [1.54, 1.807) is 13.0 Å². The molecule has 0 aromatic heterocycles. The van der Waals surface area contributed by atoms with Crippen molar-refractivity contribution in [3.8, 4) is 0 Å². The van der Waals surface area contributed by atoms with Crippen LogP contribution in [-0.4, -0.2) is 43.2 Å². The molecule has 0 radical (unpaired) electrons. The van der Waals surface area contributed by atoms with Crippen LogP contribution in [0.15, 0.2) is 18.2 Å². The molecule has 0 bridgehead atoms. The highest BCUT2D eigenvalue weighted by Crippen LogP contribution is 2.34. The molecule has 106 valence electrons. The van der Waals surface area contributed by atoms with E-state index in [0.29, 0.717) is 17.3 Å². The van der Waals surface area contributed by atoms with Crippen molar-refractivity contribution in [2.24, 2.45) is 0 Å². The monoisotopic (exact) mass is 266 g/mol. The van der Waals surface area contributed by atoms with Crippen LogP contribution < -0.4 is 4.90 Å². The second-order valence-corrected chi connectivity index (χ2v) is 5.61. The molecular weight excluding hydrogens is 243 g/mol. The van der Waals surface area contributed by atoms with Crippen LogP contribution in [0.3, 0.4) is 0 Å². The second-order valence-electron chi connectivity index (χ2n) is 5.61. The van der Waals surface area contributed by atoms with Crippen molar-refractivity contribution in [3.63, 3.8) is 0 Å². The number of likely N-dealkylation sites (N-methyl/N-ethyl adjacent to an activating group) is 1. The highest BCUT2D eigenvalue weighted by molar-refractivity contribution is 5.57. The Morgan fingerprint density at radius 3 is 2.84 bits per heavy atom. The predicted octanol–water partition coefficient (Wildman–Crippen LogP) is 2.41. The van der Waals surface area contributed by atoms with E-state index in [1.165, 1.54) is 6.07 Å². The summed E-state index contributed by atoms with van der Waals surface area (Å²) in [5.74, 6) is -0.232. The molecule has 1 unspecified atom stereocenters. The standard InChI is InChI=1S/C15H23FN2O/c1-11(19)13-7-4-8-14(16)15(13)18-9-5-6-12(18)10-17(2)3/h4,7-8,11-12,19H,5-6,9-10H2,1-3H3/t11-,12?/m0/s1. The summed E-state index contributed by atoms with van der Waals surface area (Å²) < 4.78 is 14.2. The number of hydrogen-bond donors (Lipinski definition) is 1. The van der Waals surface area contributed by atoms with Gasteiger partial charge in [0.15, 0.2) is 0 Å². The van der Waals surface area contributed by atoms with Crippen molar-refractivity contribution >= 4 is 5.69 Å². The molecule has 0 amide bonds. The molecule has 1 heterocycles. The number of aliphatic hydroxyl groups excluding tert-OH is 1. The minimum atomic E-state index is -0.647. The number of para-hydroxylation sites is 1. The molecule has 2 atom stereocenters. The molecule has 1 aliphatic rings. The topological polar surface area (TPSA) is 26.7 Å². The Hall–Kier alpha value is -1.13. The zero-order valence-electron chi connectivity index (χ0n) is 11.9. The fourth-order valence-electron chi connectivity index (χ4n) is 2.91. The summed E-state index contributed by atoms with van der Waals surface area (Å²) >= 11 is 0. The summed E-state index contributed by atoms with van der Waals surface area (Å²) in [6, 6.07) is 5.28. The summed E-state index contributed by atoms with van der Waals surface area (Å²) in [4.78, 5) is 4.25. The third-order valence-corrected chi connectivity index (χ3v) is 3.71. The fraction of sp³-hybridized carbons (Fsp3) is 0.600. The molecule has 2 rings (SSSR count).